The SMILES string of the molecule is CC1C(C)(C)C23CC2CCC13C. The Morgan fingerprint density at radius 1 is 1.17 bits per heavy atom. The van der Waals surface area contributed by atoms with Crippen molar-refractivity contribution in [3.05, 3.63) is 0 Å². The van der Waals surface area contributed by atoms with Crippen LogP contribution >= 0.6 is 0 Å². The van der Waals surface area contributed by atoms with Gasteiger partial charge in [0.1, 0.15) is 0 Å². The molecule has 0 aliphatic heterocycles. The minimum Gasteiger partial charge on any atom is -0.0614 e. The average Bonchev–Trinajstić information content (AvgIpc) is 2.71. The molecule has 0 heterocycles. The molecule has 4 atom stereocenters. The topological polar surface area (TPSA) is 0 Å². The van der Waals surface area contributed by atoms with E-state index >= 15 is 0 Å². The Kier molecular flexibility index (Phi) is 0.932. The quantitative estimate of drug-likeness (QED) is 0.514. The van der Waals surface area contributed by atoms with Crippen LogP contribution in [0.1, 0.15) is 47.0 Å². The fourth-order valence-corrected chi connectivity index (χ4v) is 5.31. The molecular formula is C12H20. The van der Waals surface area contributed by atoms with Gasteiger partial charge < -0.3 is 0 Å². The molecule has 0 aromatic heterocycles. The van der Waals surface area contributed by atoms with Crippen LogP contribution in [0.4, 0.5) is 0 Å². The lowest BCUT2D eigenvalue weighted by Crippen LogP contribution is -2.60. The van der Waals surface area contributed by atoms with Gasteiger partial charge in [-0.2, -0.15) is 0 Å². The third-order valence-electron chi connectivity index (χ3n) is 6.32. The first-order valence-corrected chi connectivity index (χ1v) is 5.47. The first-order valence-electron chi connectivity index (χ1n) is 5.47. The molecule has 3 aliphatic carbocycles. The summed E-state index contributed by atoms with van der Waals surface area (Å²) in [4.78, 5) is 0. The zero-order valence-corrected chi connectivity index (χ0v) is 8.78. The Bertz CT molecular complexity index is 253. The van der Waals surface area contributed by atoms with E-state index in [9.17, 15) is 0 Å². The van der Waals surface area contributed by atoms with Crippen molar-refractivity contribution in [1.82, 2.24) is 0 Å². The van der Waals surface area contributed by atoms with Crippen LogP contribution in [0.15, 0.2) is 0 Å². The summed E-state index contributed by atoms with van der Waals surface area (Å²) in [5, 5.41) is 0. The summed E-state index contributed by atoms with van der Waals surface area (Å²) in [5.74, 6) is 2.08. The van der Waals surface area contributed by atoms with Crippen LogP contribution in [-0.2, 0) is 0 Å². The molecular weight excluding hydrogens is 144 g/mol. The smallest absolute Gasteiger partial charge is 0.0156 e. The largest absolute Gasteiger partial charge is 0.0614 e. The Labute approximate surface area is 75.7 Å². The van der Waals surface area contributed by atoms with Crippen molar-refractivity contribution in [2.45, 2.75) is 47.0 Å². The molecule has 4 unspecified atom stereocenters. The van der Waals surface area contributed by atoms with E-state index in [0.717, 1.165) is 22.7 Å². The average molecular weight is 164 g/mol. The van der Waals surface area contributed by atoms with E-state index in [1.54, 1.807) is 6.42 Å². The van der Waals surface area contributed by atoms with Gasteiger partial charge in [0, 0.05) is 0 Å². The van der Waals surface area contributed by atoms with Crippen LogP contribution in [0.2, 0.25) is 0 Å². The predicted molar refractivity (Wildman–Crippen MR) is 50.8 cm³/mol. The van der Waals surface area contributed by atoms with E-state index < -0.39 is 0 Å². The van der Waals surface area contributed by atoms with E-state index in [-0.39, 0.29) is 0 Å². The highest BCUT2D eigenvalue weighted by Crippen LogP contribution is 2.90. The second-order valence-corrected chi connectivity index (χ2v) is 6.27. The van der Waals surface area contributed by atoms with Crippen LogP contribution in [0.3, 0.4) is 0 Å². The van der Waals surface area contributed by atoms with E-state index in [1.807, 2.05) is 0 Å². The second kappa shape index (κ2) is 1.51. The van der Waals surface area contributed by atoms with Crippen molar-refractivity contribution in [3.8, 4) is 0 Å². The van der Waals surface area contributed by atoms with E-state index in [2.05, 4.69) is 27.7 Å². The monoisotopic (exact) mass is 164 g/mol. The molecule has 1 spiro atoms. The molecule has 3 saturated carbocycles. The molecule has 0 heteroatoms. The first kappa shape index (κ1) is 7.41. The zero-order chi connectivity index (χ0) is 8.78. The lowest BCUT2D eigenvalue weighted by molar-refractivity contribution is -0.177. The van der Waals surface area contributed by atoms with E-state index in [0.29, 0.717) is 5.41 Å². The van der Waals surface area contributed by atoms with Gasteiger partial charge in [0.15, 0.2) is 0 Å². The molecule has 0 saturated heterocycles. The summed E-state index contributed by atoms with van der Waals surface area (Å²) in [6, 6.07) is 0. The van der Waals surface area contributed by atoms with Gasteiger partial charge in [-0.05, 0) is 47.3 Å². The minimum absolute atomic E-state index is 0.656. The van der Waals surface area contributed by atoms with E-state index in [4.69, 9.17) is 0 Å². The molecule has 0 nitrogen and oxygen atoms in total. The van der Waals surface area contributed by atoms with Crippen molar-refractivity contribution in [2.24, 2.45) is 28.1 Å². The fraction of sp³-hybridized carbons (Fsp3) is 1.00. The van der Waals surface area contributed by atoms with Crippen molar-refractivity contribution < 1.29 is 0 Å². The highest BCUT2D eigenvalue weighted by molar-refractivity contribution is 5.31. The maximum atomic E-state index is 2.55. The van der Waals surface area contributed by atoms with Gasteiger partial charge in [-0.15, -0.1) is 0 Å². The lowest BCUT2D eigenvalue weighted by Gasteiger charge is -2.65. The van der Waals surface area contributed by atoms with Crippen molar-refractivity contribution >= 4 is 0 Å². The molecule has 12 heavy (non-hydrogen) atoms. The molecule has 3 fully saturated rings. The maximum Gasteiger partial charge on any atom is -0.0156 e. The summed E-state index contributed by atoms with van der Waals surface area (Å²) in [6.07, 6.45) is 4.60. The summed E-state index contributed by atoms with van der Waals surface area (Å²) >= 11 is 0. The third kappa shape index (κ3) is 0.400. The number of hydrogen-bond donors (Lipinski definition) is 0. The van der Waals surface area contributed by atoms with Crippen molar-refractivity contribution in [3.63, 3.8) is 0 Å². The highest BCUT2D eigenvalue weighted by atomic mass is 14.9. The molecule has 3 aliphatic rings. The molecule has 0 aromatic rings. The molecule has 0 amide bonds. The van der Waals surface area contributed by atoms with Crippen molar-refractivity contribution in [1.29, 1.82) is 0 Å². The Hall–Kier alpha value is 0. The summed E-state index contributed by atoms with van der Waals surface area (Å²) in [6.45, 7) is 10.0. The number of rotatable bonds is 0. The molecule has 3 rings (SSSR count). The molecule has 0 aromatic carbocycles. The van der Waals surface area contributed by atoms with Gasteiger partial charge in [-0.3, -0.25) is 0 Å². The maximum absolute atomic E-state index is 2.55. The Morgan fingerprint density at radius 3 is 2.33 bits per heavy atom. The van der Waals surface area contributed by atoms with Crippen LogP contribution in [-0.4, -0.2) is 0 Å². The van der Waals surface area contributed by atoms with Crippen LogP contribution in [0.25, 0.3) is 0 Å². The Morgan fingerprint density at radius 2 is 1.83 bits per heavy atom. The van der Waals surface area contributed by atoms with Crippen LogP contribution in [0, 0.1) is 28.1 Å². The van der Waals surface area contributed by atoms with Gasteiger partial charge in [0.05, 0.1) is 0 Å². The molecule has 0 N–H and O–H groups in total. The van der Waals surface area contributed by atoms with Crippen LogP contribution in [0.5, 0.6) is 0 Å². The number of hydrogen-bond acceptors (Lipinski definition) is 0. The second-order valence-electron chi connectivity index (χ2n) is 6.27. The zero-order valence-electron chi connectivity index (χ0n) is 8.78. The lowest BCUT2D eigenvalue weighted by atomic mass is 9.39. The fourth-order valence-electron chi connectivity index (χ4n) is 5.31. The van der Waals surface area contributed by atoms with Gasteiger partial charge in [-0.25, -0.2) is 0 Å². The minimum atomic E-state index is 0.656. The normalized spacial score (nSPS) is 65.0. The molecule has 0 bridgehead atoms. The van der Waals surface area contributed by atoms with E-state index in [1.165, 1.54) is 12.8 Å². The first-order chi connectivity index (χ1) is 5.47. The van der Waals surface area contributed by atoms with Gasteiger partial charge in [0.2, 0.25) is 0 Å². The summed E-state index contributed by atoms with van der Waals surface area (Å²) in [7, 11) is 0. The standard InChI is InChI=1S/C12H20/c1-8-10(2,3)12-7-9(12)5-6-11(8,12)4/h8-9H,5-7H2,1-4H3. The highest BCUT2D eigenvalue weighted by Gasteiger charge is 2.83. The predicted octanol–water partition coefficient (Wildman–Crippen LogP) is 3.47. The summed E-state index contributed by atoms with van der Waals surface area (Å²) < 4.78 is 0. The summed E-state index contributed by atoms with van der Waals surface area (Å²) in [5.41, 5.74) is 2.20. The molecule has 68 valence electrons. The van der Waals surface area contributed by atoms with Gasteiger partial charge in [-0.1, -0.05) is 27.7 Å². The third-order valence-corrected chi connectivity index (χ3v) is 6.32. The van der Waals surface area contributed by atoms with Gasteiger partial charge >= 0.3 is 0 Å². The Balaban J connectivity index is 2.09. The van der Waals surface area contributed by atoms with Crippen LogP contribution < -0.4 is 0 Å². The van der Waals surface area contributed by atoms with Crippen molar-refractivity contribution in [2.75, 3.05) is 0 Å². The molecule has 0 radical (unpaired) electrons. The van der Waals surface area contributed by atoms with Gasteiger partial charge in [0.25, 0.3) is 0 Å².